The van der Waals surface area contributed by atoms with Gasteiger partial charge in [-0.3, -0.25) is 0 Å². The SMILES string of the molecule is CC(C)CCCC1(CN)CCOCC1. The smallest absolute Gasteiger partial charge is 0.0471 e. The van der Waals surface area contributed by atoms with Gasteiger partial charge in [0.1, 0.15) is 0 Å². The Morgan fingerprint density at radius 2 is 1.93 bits per heavy atom. The third kappa shape index (κ3) is 3.58. The van der Waals surface area contributed by atoms with Crippen LogP contribution in [0.3, 0.4) is 0 Å². The summed E-state index contributed by atoms with van der Waals surface area (Å²) in [5.41, 5.74) is 6.31. The van der Waals surface area contributed by atoms with Crippen LogP contribution in [0.2, 0.25) is 0 Å². The third-order valence-corrected chi connectivity index (χ3v) is 3.48. The van der Waals surface area contributed by atoms with Gasteiger partial charge in [0.05, 0.1) is 0 Å². The number of hydrogen-bond acceptors (Lipinski definition) is 2. The second-order valence-electron chi connectivity index (χ2n) is 5.10. The molecule has 84 valence electrons. The molecule has 2 nitrogen and oxygen atoms in total. The lowest BCUT2D eigenvalue weighted by atomic mass is 9.76. The van der Waals surface area contributed by atoms with E-state index in [1.165, 1.54) is 32.1 Å². The molecule has 0 aliphatic carbocycles. The van der Waals surface area contributed by atoms with Crippen molar-refractivity contribution in [3.63, 3.8) is 0 Å². The number of nitrogens with two attached hydrogens (primary N) is 1. The van der Waals surface area contributed by atoms with Crippen LogP contribution in [0, 0.1) is 11.3 Å². The Morgan fingerprint density at radius 1 is 1.29 bits per heavy atom. The number of hydrogen-bond donors (Lipinski definition) is 1. The summed E-state index contributed by atoms with van der Waals surface area (Å²) in [4.78, 5) is 0. The maximum Gasteiger partial charge on any atom is 0.0471 e. The van der Waals surface area contributed by atoms with Crippen LogP contribution in [-0.4, -0.2) is 19.8 Å². The number of ether oxygens (including phenoxy) is 1. The van der Waals surface area contributed by atoms with E-state index < -0.39 is 0 Å². The summed E-state index contributed by atoms with van der Waals surface area (Å²) < 4.78 is 5.40. The zero-order valence-electron chi connectivity index (χ0n) is 9.72. The first-order valence-corrected chi connectivity index (χ1v) is 5.96. The van der Waals surface area contributed by atoms with Crippen molar-refractivity contribution < 1.29 is 4.74 Å². The molecule has 0 aromatic carbocycles. The molecule has 14 heavy (non-hydrogen) atoms. The molecule has 1 rings (SSSR count). The van der Waals surface area contributed by atoms with Gasteiger partial charge >= 0.3 is 0 Å². The Bertz CT molecular complexity index is 150. The van der Waals surface area contributed by atoms with Crippen molar-refractivity contribution in [1.29, 1.82) is 0 Å². The third-order valence-electron chi connectivity index (χ3n) is 3.48. The minimum atomic E-state index is 0.410. The van der Waals surface area contributed by atoms with Gasteiger partial charge in [-0.1, -0.05) is 26.7 Å². The van der Waals surface area contributed by atoms with Gasteiger partial charge in [0.25, 0.3) is 0 Å². The molecule has 1 saturated heterocycles. The summed E-state index contributed by atoms with van der Waals surface area (Å²) in [6.45, 7) is 7.25. The van der Waals surface area contributed by atoms with Gasteiger partial charge in [-0.25, -0.2) is 0 Å². The lowest BCUT2D eigenvalue weighted by molar-refractivity contribution is 0.0131. The van der Waals surface area contributed by atoms with Gasteiger partial charge < -0.3 is 10.5 Å². The quantitative estimate of drug-likeness (QED) is 0.738. The molecular formula is C12H25NO. The van der Waals surface area contributed by atoms with Crippen LogP contribution >= 0.6 is 0 Å². The van der Waals surface area contributed by atoms with Crippen molar-refractivity contribution in [3.8, 4) is 0 Å². The molecule has 1 aliphatic heterocycles. The van der Waals surface area contributed by atoms with Crippen LogP contribution in [-0.2, 0) is 4.74 Å². The highest BCUT2D eigenvalue weighted by Crippen LogP contribution is 2.35. The topological polar surface area (TPSA) is 35.2 Å². The van der Waals surface area contributed by atoms with E-state index in [-0.39, 0.29) is 0 Å². The Labute approximate surface area is 88.2 Å². The molecule has 0 radical (unpaired) electrons. The summed E-state index contributed by atoms with van der Waals surface area (Å²) in [7, 11) is 0. The minimum absolute atomic E-state index is 0.410. The highest BCUT2D eigenvalue weighted by atomic mass is 16.5. The molecule has 1 fully saturated rings. The first kappa shape index (κ1) is 12.0. The Morgan fingerprint density at radius 3 is 2.43 bits per heavy atom. The van der Waals surface area contributed by atoms with Crippen LogP contribution < -0.4 is 5.73 Å². The summed E-state index contributed by atoms with van der Waals surface area (Å²) in [5.74, 6) is 0.824. The van der Waals surface area contributed by atoms with Crippen molar-refractivity contribution in [2.75, 3.05) is 19.8 Å². The molecule has 0 aromatic heterocycles. The first-order valence-electron chi connectivity index (χ1n) is 5.96. The highest BCUT2D eigenvalue weighted by Gasteiger charge is 2.30. The maximum atomic E-state index is 5.90. The zero-order chi connectivity index (χ0) is 10.4. The lowest BCUT2D eigenvalue weighted by Crippen LogP contribution is -2.36. The van der Waals surface area contributed by atoms with E-state index in [1.54, 1.807) is 0 Å². The normalized spacial score (nSPS) is 21.4. The maximum absolute atomic E-state index is 5.90. The number of rotatable bonds is 5. The predicted octanol–water partition coefficient (Wildman–Crippen LogP) is 2.57. The van der Waals surface area contributed by atoms with Gasteiger partial charge in [-0.2, -0.15) is 0 Å². The van der Waals surface area contributed by atoms with Crippen LogP contribution in [0.25, 0.3) is 0 Å². The average molecular weight is 199 g/mol. The molecule has 0 amide bonds. The van der Waals surface area contributed by atoms with Gasteiger partial charge in [0, 0.05) is 13.2 Å². The van der Waals surface area contributed by atoms with E-state index in [4.69, 9.17) is 10.5 Å². The Hall–Kier alpha value is -0.0800. The van der Waals surface area contributed by atoms with Gasteiger partial charge in [-0.15, -0.1) is 0 Å². The van der Waals surface area contributed by atoms with Crippen LogP contribution in [0.1, 0.15) is 46.0 Å². The van der Waals surface area contributed by atoms with Crippen molar-refractivity contribution in [3.05, 3.63) is 0 Å². The zero-order valence-corrected chi connectivity index (χ0v) is 9.72. The lowest BCUT2D eigenvalue weighted by Gasteiger charge is -2.36. The molecule has 1 heterocycles. The Balaban J connectivity index is 2.29. The molecule has 0 aromatic rings. The summed E-state index contributed by atoms with van der Waals surface area (Å²) in [6.07, 6.45) is 6.30. The second kappa shape index (κ2) is 5.72. The molecule has 0 atom stereocenters. The monoisotopic (exact) mass is 199 g/mol. The van der Waals surface area contributed by atoms with E-state index in [0.29, 0.717) is 5.41 Å². The predicted molar refractivity (Wildman–Crippen MR) is 60.2 cm³/mol. The molecule has 1 aliphatic rings. The molecule has 2 N–H and O–H groups in total. The average Bonchev–Trinajstić information content (AvgIpc) is 2.19. The van der Waals surface area contributed by atoms with E-state index >= 15 is 0 Å². The van der Waals surface area contributed by atoms with E-state index in [1.807, 2.05) is 0 Å². The van der Waals surface area contributed by atoms with E-state index in [2.05, 4.69) is 13.8 Å². The largest absolute Gasteiger partial charge is 0.381 e. The highest BCUT2D eigenvalue weighted by molar-refractivity contribution is 4.82. The van der Waals surface area contributed by atoms with E-state index in [9.17, 15) is 0 Å². The first-order chi connectivity index (χ1) is 6.68. The standard InChI is InChI=1S/C12H25NO/c1-11(2)4-3-5-12(10-13)6-8-14-9-7-12/h11H,3-10,13H2,1-2H3. The fourth-order valence-electron chi connectivity index (χ4n) is 2.25. The van der Waals surface area contributed by atoms with Crippen LogP contribution in [0.5, 0.6) is 0 Å². The summed E-state index contributed by atoms with van der Waals surface area (Å²) in [5, 5.41) is 0. The molecule has 0 unspecified atom stereocenters. The summed E-state index contributed by atoms with van der Waals surface area (Å²) >= 11 is 0. The summed E-state index contributed by atoms with van der Waals surface area (Å²) in [6, 6.07) is 0. The van der Waals surface area contributed by atoms with Crippen molar-refractivity contribution in [1.82, 2.24) is 0 Å². The molecule has 2 heteroatoms. The van der Waals surface area contributed by atoms with Gasteiger partial charge in [0.15, 0.2) is 0 Å². The van der Waals surface area contributed by atoms with Gasteiger partial charge in [0.2, 0.25) is 0 Å². The van der Waals surface area contributed by atoms with Gasteiger partial charge in [-0.05, 0) is 37.1 Å². The molecular weight excluding hydrogens is 174 g/mol. The molecule has 0 spiro atoms. The van der Waals surface area contributed by atoms with Crippen molar-refractivity contribution >= 4 is 0 Å². The second-order valence-corrected chi connectivity index (χ2v) is 5.10. The Kier molecular flexibility index (Phi) is 4.90. The van der Waals surface area contributed by atoms with Crippen molar-refractivity contribution in [2.45, 2.75) is 46.0 Å². The molecule has 0 bridgehead atoms. The van der Waals surface area contributed by atoms with Crippen molar-refractivity contribution in [2.24, 2.45) is 17.1 Å². The molecule has 0 saturated carbocycles. The van der Waals surface area contributed by atoms with E-state index in [0.717, 1.165) is 25.7 Å². The minimum Gasteiger partial charge on any atom is -0.381 e. The fourth-order valence-corrected chi connectivity index (χ4v) is 2.25. The fraction of sp³-hybridized carbons (Fsp3) is 1.00. The van der Waals surface area contributed by atoms with Crippen LogP contribution in [0.4, 0.5) is 0 Å². The van der Waals surface area contributed by atoms with Crippen LogP contribution in [0.15, 0.2) is 0 Å².